The summed E-state index contributed by atoms with van der Waals surface area (Å²) >= 11 is 0. The van der Waals surface area contributed by atoms with Crippen LogP contribution in [0.2, 0.25) is 0 Å². The number of aromatic nitrogens is 2. The van der Waals surface area contributed by atoms with E-state index in [0.29, 0.717) is 26.2 Å². The van der Waals surface area contributed by atoms with E-state index in [9.17, 15) is 4.79 Å². The molecule has 1 amide bonds. The number of imidazole rings is 1. The Labute approximate surface area is 101 Å². The molecule has 1 aromatic rings. The lowest BCUT2D eigenvalue weighted by Gasteiger charge is -2.08. The quantitative estimate of drug-likeness (QED) is 0.615. The molecule has 0 saturated carbocycles. The van der Waals surface area contributed by atoms with Crippen LogP contribution in [0.3, 0.4) is 0 Å². The number of hydrogen-bond donors (Lipinski definition) is 2. The summed E-state index contributed by atoms with van der Waals surface area (Å²) in [4.78, 5) is 15.5. The summed E-state index contributed by atoms with van der Waals surface area (Å²) in [5.41, 5.74) is 0.993. The third-order valence-corrected chi connectivity index (χ3v) is 2.28. The van der Waals surface area contributed by atoms with Gasteiger partial charge in [0.25, 0.3) is 0 Å². The van der Waals surface area contributed by atoms with Crippen molar-refractivity contribution in [2.75, 3.05) is 26.8 Å². The van der Waals surface area contributed by atoms with Crippen molar-refractivity contribution in [3.8, 4) is 0 Å². The predicted molar refractivity (Wildman–Crippen MR) is 64.5 cm³/mol. The lowest BCUT2D eigenvalue weighted by molar-refractivity contribution is -0.121. The maximum absolute atomic E-state index is 11.4. The minimum Gasteiger partial charge on any atom is -0.383 e. The molecule has 0 spiro atoms. The van der Waals surface area contributed by atoms with Crippen LogP contribution in [-0.2, 0) is 22.6 Å². The molecule has 1 heterocycles. The van der Waals surface area contributed by atoms with Gasteiger partial charge in [-0.05, 0) is 6.92 Å². The number of hydrogen-bond acceptors (Lipinski definition) is 4. The highest BCUT2D eigenvalue weighted by atomic mass is 16.5. The molecule has 0 bridgehead atoms. The second-order valence-corrected chi connectivity index (χ2v) is 3.64. The van der Waals surface area contributed by atoms with E-state index < -0.39 is 0 Å². The molecule has 2 N–H and O–H groups in total. The first kappa shape index (κ1) is 13.7. The average Bonchev–Trinajstić information content (AvgIpc) is 2.72. The Morgan fingerprint density at radius 3 is 3.12 bits per heavy atom. The predicted octanol–water partition coefficient (Wildman–Crippen LogP) is -0.245. The first-order valence-electron chi connectivity index (χ1n) is 5.73. The van der Waals surface area contributed by atoms with Crippen molar-refractivity contribution in [3.05, 3.63) is 18.2 Å². The van der Waals surface area contributed by atoms with Gasteiger partial charge in [-0.15, -0.1) is 0 Å². The number of nitrogens with zero attached hydrogens (tertiary/aromatic N) is 2. The summed E-state index contributed by atoms with van der Waals surface area (Å²) in [6, 6.07) is 0. The number of carbonyl (C=O) groups excluding carboxylic acids is 1. The number of nitrogens with one attached hydrogen (secondary N) is 2. The van der Waals surface area contributed by atoms with Crippen molar-refractivity contribution in [2.45, 2.75) is 20.0 Å². The Hall–Kier alpha value is -1.40. The van der Waals surface area contributed by atoms with Gasteiger partial charge in [0.15, 0.2) is 0 Å². The molecule has 0 unspecified atom stereocenters. The SMILES string of the molecule is CCNC(=O)Cn1cncc1CNCCOC. The Kier molecular flexibility index (Phi) is 6.27. The number of amides is 1. The van der Waals surface area contributed by atoms with Crippen LogP contribution >= 0.6 is 0 Å². The van der Waals surface area contributed by atoms with Crippen molar-refractivity contribution in [3.63, 3.8) is 0 Å². The summed E-state index contributed by atoms with van der Waals surface area (Å²) in [5, 5.41) is 5.98. The second-order valence-electron chi connectivity index (χ2n) is 3.64. The van der Waals surface area contributed by atoms with Crippen molar-refractivity contribution in [1.29, 1.82) is 0 Å². The van der Waals surface area contributed by atoms with Crippen molar-refractivity contribution in [1.82, 2.24) is 20.2 Å². The van der Waals surface area contributed by atoms with E-state index in [1.807, 2.05) is 11.5 Å². The zero-order chi connectivity index (χ0) is 12.5. The number of methoxy groups -OCH3 is 1. The van der Waals surface area contributed by atoms with Crippen molar-refractivity contribution < 1.29 is 9.53 Å². The van der Waals surface area contributed by atoms with Gasteiger partial charge >= 0.3 is 0 Å². The highest BCUT2D eigenvalue weighted by Gasteiger charge is 2.05. The van der Waals surface area contributed by atoms with Gasteiger partial charge in [-0.25, -0.2) is 4.98 Å². The van der Waals surface area contributed by atoms with Crippen LogP contribution in [0.5, 0.6) is 0 Å². The van der Waals surface area contributed by atoms with Gasteiger partial charge < -0.3 is 19.9 Å². The Morgan fingerprint density at radius 2 is 2.41 bits per heavy atom. The molecule has 0 aromatic carbocycles. The van der Waals surface area contributed by atoms with Crippen LogP contribution in [0.25, 0.3) is 0 Å². The maximum Gasteiger partial charge on any atom is 0.239 e. The molecule has 1 rings (SSSR count). The first-order chi connectivity index (χ1) is 8.27. The maximum atomic E-state index is 11.4. The molecule has 1 aromatic heterocycles. The van der Waals surface area contributed by atoms with Gasteiger partial charge in [-0.3, -0.25) is 4.79 Å². The number of carbonyl (C=O) groups is 1. The van der Waals surface area contributed by atoms with Gasteiger partial charge in [0.05, 0.1) is 18.6 Å². The molecule has 17 heavy (non-hydrogen) atoms. The molecule has 6 nitrogen and oxygen atoms in total. The lowest BCUT2D eigenvalue weighted by Crippen LogP contribution is -2.28. The van der Waals surface area contributed by atoms with E-state index in [-0.39, 0.29) is 5.91 Å². The van der Waals surface area contributed by atoms with E-state index in [1.54, 1.807) is 19.6 Å². The zero-order valence-electron chi connectivity index (χ0n) is 10.4. The van der Waals surface area contributed by atoms with Crippen molar-refractivity contribution >= 4 is 5.91 Å². The van der Waals surface area contributed by atoms with Gasteiger partial charge in [-0.2, -0.15) is 0 Å². The number of likely N-dealkylation sites (N-methyl/N-ethyl adjacent to an activating group) is 1. The molecule has 0 radical (unpaired) electrons. The Morgan fingerprint density at radius 1 is 1.59 bits per heavy atom. The summed E-state index contributed by atoms with van der Waals surface area (Å²) in [5.74, 6) is 0.00337. The molecule has 0 aliphatic heterocycles. The summed E-state index contributed by atoms with van der Waals surface area (Å²) in [7, 11) is 1.67. The van der Waals surface area contributed by atoms with Crippen LogP contribution < -0.4 is 10.6 Å². The molecule has 0 aliphatic rings. The largest absolute Gasteiger partial charge is 0.383 e. The number of rotatable bonds is 8. The Balaban J connectivity index is 2.39. The highest BCUT2D eigenvalue weighted by Crippen LogP contribution is 1.98. The topological polar surface area (TPSA) is 68.2 Å². The molecule has 6 heteroatoms. The van der Waals surface area contributed by atoms with Gasteiger partial charge in [0.2, 0.25) is 5.91 Å². The molecule has 0 atom stereocenters. The fourth-order valence-corrected chi connectivity index (χ4v) is 1.44. The van der Waals surface area contributed by atoms with Gasteiger partial charge in [0.1, 0.15) is 6.54 Å². The van der Waals surface area contributed by atoms with Crippen LogP contribution in [0, 0.1) is 0 Å². The zero-order valence-corrected chi connectivity index (χ0v) is 10.4. The molecule has 0 saturated heterocycles. The number of ether oxygens (including phenoxy) is 1. The molecular formula is C11H20N4O2. The molecule has 0 aliphatic carbocycles. The standard InChI is InChI=1S/C11H20N4O2/c1-3-14-11(16)8-15-9-13-7-10(15)6-12-4-5-17-2/h7,9,12H,3-6,8H2,1-2H3,(H,14,16). The summed E-state index contributed by atoms with van der Waals surface area (Å²) in [6.45, 7) is 5.00. The average molecular weight is 240 g/mol. The molecule has 96 valence electrons. The van der Waals surface area contributed by atoms with E-state index in [4.69, 9.17) is 4.74 Å². The van der Waals surface area contributed by atoms with Crippen molar-refractivity contribution in [2.24, 2.45) is 0 Å². The molecule has 0 fully saturated rings. The smallest absolute Gasteiger partial charge is 0.239 e. The van der Waals surface area contributed by atoms with E-state index >= 15 is 0 Å². The minimum atomic E-state index is 0.00337. The second kappa shape index (κ2) is 7.81. The Bertz CT molecular complexity index is 338. The fraction of sp³-hybridized carbons (Fsp3) is 0.636. The monoisotopic (exact) mass is 240 g/mol. The highest BCUT2D eigenvalue weighted by molar-refractivity contribution is 5.75. The minimum absolute atomic E-state index is 0.00337. The summed E-state index contributed by atoms with van der Waals surface area (Å²) in [6.07, 6.45) is 3.43. The normalized spacial score (nSPS) is 10.5. The fourth-order valence-electron chi connectivity index (χ4n) is 1.44. The van der Waals surface area contributed by atoms with E-state index in [1.165, 1.54) is 0 Å². The van der Waals surface area contributed by atoms with E-state index in [0.717, 1.165) is 12.2 Å². The first-order valence-corrected chi connectivity index (χ1v) is 5.73. The van der Waals surface area contributed by atoms with Crippen LogP contribution in [0.4, 0.5) is 0 Å². The molecular weight excluding hydrogens is 220 g/mol. The third kappa shape index (κ3) is 4.97. The van der Waals surface area contributed by atoms with Crippen LogP contribution in [0.1, 0.15) is 12.6 Å². The van der Waals surface area contributed by atoms with Crippen LogP contribution in [0.15, 0.2) is 12.5 Å². The van der Waals surface area contributed by atoms with Crippen LogP contribution in [-0.4, -0.2) is 42.3 Å². The lowest BCUT2D eigenvalue weighted by atomic mass is 10.4. The van der Waals surface area contributed by atoms with Gasteiger partial charge in [0, 0.05) is 32.9 Å². The van der Waals surface area contributed by atoms with Gasteiger partial charge in [-0.1, -0.05) is 0 Å². The van der Waals surface area contributed by atoms with E-state index in [2.05, 4.69) is 15.6 Å². The summed E-state index contributed by atoms with van der Waals surface area (Å²) < 4.78 is 6.78. The third-order valence-electron chi connectivity index (χ3n) is 2.28.